The smallest absolute Gasteiger partial charge is 0.272 e. The van der Waals surface area contributed by atoms with Gasteiger partial charge in [0.1, 0.15) is 5.82 Å². The summed E-state index contributed by atoms with van der Waals surface area (Å²) in [6.45, 7) is 0.457. The molecule has 0 spiro atoms. The number of alkyl halides is 1. The zero-order valence-corrected chi connectivity index (χ0v) is 10.9. The van der Waals surface area contributed by atoms with Crippen LogP contribution in [0.15, 0.2) is 18.2 Å². The lowest BCUT2D eigenvalue weighted by molar-refractivity contribution is -0.385. The van der Waals surface area contributed by atoms with Crippen LogP contribution < -0.4 is 5.32 Å². The van der Waals surface area contributed by atoms with E-state index in [0.717, 1.165) is 29.0 Å². The van der Waals surface area contributed by atoms with Gasteiger partial charge in [0.2, 0.25) is 0 Å². The van der Waals surface area contributed by atoms with Crippen LogP contribution in [0.25, 0.3) is 0 Å². The largest absolute Gasteiger partial charge is 0.352 e. The summed E-state index contributed by atoms with van der Waals surface area (Å²) in [5.74, 6) is -1.44. The molecule has 1 aromatic carbocycles. The van der Waals surface area contributed by atoms with E-state index < -0.39 is 16.6 Å². The van der Waals surface area contributed by atoms with Crippen LogP contribution in [0.3, 0.4) is 0 Å². The standard InChI is InChI=1S/C10H10FIN2O3/c11-9-6-7(14(16)17)2-3-8(9)10(15)13-5-1-4-12/h2-3,6H,1,4-5H2,(H,13,15). The maximum Gasteiger partial charge on any atom is 0.272 e. The normalized spacial score (nSPS) is 10.0. The Bertz CT molecular complexity index is 440. The van der Waals surface area contributed by atoms with E-state index in [1.54, 1.807) is 0 Å². The van der Waals surface area contributed by atoms with Crippen molar-refractivity contribution in [1.29, 1.82) is 0 Å². The zero-order valence-electron chi connectivity index (χ0n) is 8.78. The van der Waals surface area contributed by atoms with Crippen molar-refractivity contribution < 1.29 is 14.1 Å². The molecule has 17 heavy (non-hydrogen) atoms. The van der Waals surface area contributed by atoms with E-state index in [0.29, 0.717) is 6.54 Å². The number of carbonyl (C=O) groups is 1. The molecule has 1 amide bonds. The molecule has 0 aromatic heterocycles. The fourth-order valence-electron chi connectivity index (χ4n) is 1.17. The molecule has 0 unspecified atom stereocenters. The molecule has 0 fully saturated rings. The molecule has 92 valence electrons. The van der Waals surface area contributed by atoms with E-state index in [4.69, 9.17) is 0 Å². The highest BCUT2D eigenvalue weighted by molar-refractivity contribution is 14.1. The summed E-state index contributed by atoms with van der Waals surface area (Å²) in [4.78, 5) is 21.2. The first-order valence-corrected chi connectivity index (χ1v) is 6.37. The Labute approximate surface area is 111 Å². The van der Waals surface area contributed by atoms with Crippen molar-refractivity contribution in [3.05, 3.63) is 39.7 Å². The van der Waals surface area contributed by atoms with E-state index in [1.807, 2.05) is 0 Å². The number of amides is 1. The number of nitro benzene ring substituents is 1. The zero-order chi connectivity index (χ0) is 12.8. The third-order valence-electron chi connectivity index (χ3n) is 2.00. The number of carbonyl (C=O) groups excluding carboxylic acids is 1. The number of halogens is 2. The lowest BCUT2D eigenvalue weighted by atomic mass is 10.2. The molecule has 0 saturated carbocycles. The van der Waals surface area contributed by atoms with E-state index in [1.165, 1.54) is 0 Å². The van der Waals surface area contributed by atoms with Crippen molar-refractivity contribution in [2.45, 2.75) is 6.42 Å². The molecule has 0 radical (unpaired) electrons. The molecule has 0 aliphatic carbocycles. The van der Waals surface area contributed by atoms with E-state index in [9.17, 15) is 19.3 Å². The highest BCUT2D eigenvalue weighted by atomic mass is 127. The number of benzene rings is 1. The molecular weight excluding hydrogens is 342 g/mol. The number of hydrogen-bond acceptors (Lipinski definition) is 3. The van der Waals surface area contributed by atoms with Gasteiger partial charge < -0.3 is 5.32 Å². The topological polar surface area (TPSA) is 72.2 Å². The van der Waals surface area contributed by atoms with Crippen LogP contribution in [-0.4, -0.2) is 21.8 Å². The van der Waals surface area contributed by atoms with Gasteiger partial charge in [0.15, 0.2) is 0 Å². The van der Waals surface area contributed by atoms with Crippen molar-refractivity contribution >= 4 is 34.2 Å². The number of nitrogens with one attached hydrogen (secondary N) is 1. The second-order valence-corrected chi connectivity index (χ2v) is 4.30. The SMILES string of the molecule is O=C(NCCCI)c1ccc([N+](=O)[O-])cc1F. The van der Waals surface area contributed by atoms with Crippen molar-refractivity contribution in [2.24, 2.45) is 0 Å². The van der Waals surface area contributed by atoms with Gasteiger partial charge >= 0.3 is 0 Å². The minimum Gasteiger partial charge on any atom is -0.352 e. The van der Waals surface area contributed by atoms with Crippen molar-refractivity contribution in [2.75, 3.05) is 11.0 Å². The van der Waals surface area contributed by atoms with Crippen molar-refractivity contribution in [3.8, 4) is 0 Å². The Morgan fingerprint density at radius 2 is 2.24 bits per heavy atom. The second kappa shape index (κ2) is 6.48. The number of nitrogens with zero attached hydrogens (tertiary/aromatic N) is 1. The van der Waals surface area contributed by atoms with E-state index in [2.05, 4.69) is 27.9 Å². The Kier molecular flexibility index (Phi) is 5.26. The minimum absolute atomic E-state index is 0.177. The summed E-state index contributed by atoms with van der Waals surface area (Å²) < 4.78 is 14.3. The third-order valence-corrected chi connectivity index (χ3v) is 2.77. The average Bonchev–Trinajstić information content (AvgIpc) is 2.28. The first-order valence-electron chi connectivity index (χ1n) is 4.84. The van der Waals surface area contributed by atoms with Gasteiger partial charge in [0.25, 0.3) is 11.6 Å². The fraction of sp³-hybridized carbons (Fsp3) is 0.300. The van der Waals surface area contributed by atoms with Gasteiger partial charge in [-0.2, -0.15) is 0 Å². The fourth-order valence-corrected chi connectivity index (χ4v) is 1.55. The highest BCUT2D eigenvalue weighted by Gasteiger charge is 2.15. The number of nitro groups is 1. The predicted octanol–water partition coefficient (Wildman–Crippen LogP) is 2.29. The minimum atomic E-state index is -0.883. The van der Waals surface area contributed by atoms with Gasteiger partial charge in [0.05, 0.1) is 16.6 Å². The van der Waals surface area contributed by atoms with E-state index >= 15 is 0 Å². The molecule has 0 saturated heterocycles. The maximum atomic E-state index is 13.4. The molecule has 5 nitrogen and oxygen atoms in total. The van der Waals surface area contributed by atoms with Crippen LogP contribution in [0.1, 0.15) is 16.8 Å². The Morgan fingerprint density at radius 3 is 2.76 bits per heavy atom. The molecule has 7 heteroatoms. The first kappa shape index (κ1) is 13.8. The van der Waals surface area contributed by atoms with Crippen LogP contribution >= 0.6 is 22.6 Å². The predicted molar refractivity (Wildman–Crippen MR) is 68.9 cm³/mol. The number of rotatable bonds is 5. The van der Waals surface area contributed by atoms with Gasteiger partial charge in [-0.3, -0.25) is 14.9 Å². The quantitative estimate of drug-likeness (QED) is 0.291. The van der Waals surface area contributed by atoms with Gasteiger partial charge in [-0.1, -0.05) is 22.6 Å². The lowest BCUT2D eigenvalue weighted by Crippen LogP contribution is -2.25. The van der Waals surface area contributed by atoms with Crippen molar-refractivity contribution in [1.82, 2.24) is 5.32 Å². The van der Waals surface area contributed by atoms with Crippen molar-refractivity contribution in [3.63, 3.8) is 0 Å². The average molecular weight is 352 g/mol. The van der Waals surface area contributed by atoms with Crippen LogP contribution in [0.5, 0.6) is 0 Å². The number of non-ortho nitro benzene ring substituents is 1. The maximum absolute atomic E-state index is 13.4. The first-order chi connectivity index (χ1) is 8.06. The molecule has 0 aliphatic rings. The van der Waals surface area contributed by atoms with Gasteiger partial charge in [-0.25, -0.2) is 4.39 Å². The highest BCUT2D eigenvalue weighted by Crippen LogP contribution is 2.16. The number of hydrogen-bond donors (Lipinski definition) is 1. The molecule has 0 heterocycles. The molecule has 0 aliphatic heterocycles. The summed E-state index contributed by atoms with van der Waals surface area (Å²) >= 11 is 2.17. The summed E-state index contributed by atoms with van der Waals surface area (Å²) in [6, 6.07) is 2.97. The summed E-state index contributed by atoms with van der Waals surface area (Å²) in [7, 11) is 0. The molecule has 1 N–H and O–H groups in total. The Balaban J connectivity index is 2.78. The molecule has 0 atom stereocenters. The van der Waals surface area contributed by atoms with Crippen LogP contribution in [0, 0.1) is 15.9 Å². The second-order valence-electron chi connectivity index (χ2n) is 3.22. The summed E-state index contributed by atoms with van der Waals surface area (Å²) in [6.07, 6.45) is 0.793. The van der Waals surface area contributed by atoms with Crippen LogP contribution in [0.4, 0.5) is 10.1 Å². The molecule has 1 rings (SSSR count). The molecule has 1 aromatic rings. The Hall–Kier alpha value is -1.25. The van der Waals surface area contributed by atoms with Crippen LogP contribution in [-0.2, 0) is 0 Å². The molecular formula is C10H10FIN2O3. The molecule has 0 bridgehead atoms. The van der Waals surface area contributed by atoms with E-state index in [-0.39, 0.29) is 11.3 Å². The van der Waals surface area contributed by atoms with Gasteiger partial charge in [-0.05, 0) is 12.5 Å². The van der Waals surface area contributed by atoms with Crippen LogP contribution in [0.2, 0.25) is 0 Å². The monoisotopic (exact) mass is 352 g/mol. The van der Waals surface area contributed by atoms with Gasteiger partial charge in [-0.15, -0.1) is 0 Å². The Morgan fingerprint density at radius 1 is 1.53 bits per heavy atom. The summed E-state index contributed by atoms with van der Waals surface area (Å²) in [5.41, 5.74) is -0.546. The lowest BCUT2D eigenvalue weighted by Gasteiger charge is -2.04. The summed E-state index contributed by atoms with van der Waals surface area (Å²) in [5, 5.41) is 12.9. The van der Waals surface area contributed by atoms with Gasteiger partial charge in [0, 0.05) is 17.0 Å². The third kappa shape index (κ3) is 3.91.